The molecular formula is C16H26IN3O2. The number of nitrogens with one attached hydrogen (secondary N) is 2. The Morgan fingerprint density at radius 3 is 2.68 bits per heavy atom. The van der Waals surface area contributed by atoms with Gasteiger partial charge >= 0.3 is 0 Å². The van der Waals surface area contributed by atoms with Gasteiger partial charge in [-0.2, -0.15) is 0 Å². The van der Waals surface area contributed by atoms with E-state index in [1.54, 1.807) is 14.2 Å². The summed E-state index contributed by atoms with van der Waals surface area (Å²) in [5.74, 6) is 1.72. The molecule has 1 unspecified atom stereocenters. The lowest BCUT2D eigenvalue weighted by atomic mass is 10.1. The van der Waals surface area contributed by atoms with Crippen LogP contribution in [-0.2, 0) is 11.2 Å². The number of rotatable bonds is 6. The third-order valence-electron chi connectivity index (χ3n) is 3.61. The number of aliphatic imine (C=N–C) groups is 1. The normalized spacial score (nSPS) is 17.7. The van der Waals surface area contributed by atoms with Gasteiger partial charge in [0.15, 0.2) is 5.96 Å². The highest BCUT2D eigenvalue weighted by Crippen LogP contribution is 2.11. The Labute approximate surface area is 149 Å². The van der Waals surface area contributed by atoms with Gasteiger partial charge in [-0.05, 0) is 37.0 Å². The first-order valence-corrected chi connectivity index (χ1v) is 7.51. The number of methoxy groups -OCH3 is 1. The topological polar surface area (TPSA) is 54.9 Å². The van der Waals surface area contributed by atoms with E-state index >= 15 is 0 Å². The summed E-state index contributed by atoms with van der Waals surface area (Å²) in [5.41, 5.74) is 1.28. The first-order chi connectivity index (χ1) is 10.3. The minimum atomic E-state index is 0. The summed E-state index contributed by atoms with van der Waals surface area (Å²) >= 11 is 0. The molecule has 0 aromatic heterocycles. The summed E-state index contributed by atoms with van der Waals surface area (Å²) in [4.78, 5) is 4.23. The van der Waals surface area contributed by atoms with Crippen LogP contribution in [0.2, 0.25) is 0 Å². The first-order valence-electron chi connectivity index (χ1n) is 7.51. The number of benzene rings is 1. The first kappa shape index (κ1) is 19.0. The van der Waals surface area contributed by atoms with Gasteiger partial charge in [-0.1, -0.05) is 12.1 Å². The molecule has 6 heteroatoms. The van der Waals surface area contributed by atoms with Gasteiger partial charge in [-0.3, -0.25) is 4.99 Å². The maximum Gasteiger partial charge on any atom is 0.191 e. The fourth-order valence-corrected chi connectivity index (χ4v) is 2.35. The summed E-state index contributed by atoms with van der Waals surface area (Å²) in [5, 5.41) is 6.63. The SMILES string of the molecule is CN=C(NCCc1ccc(OC)cc1)NCC1CCCO1.I. The molecule has 5 nitrogen and oxygen atoms in total. The molecule has 1 saturated heterocycles. The van der Waals surface area contributed by atoms with Crippen molar-refractivity contribution in [2.24, 2.45) is 4.99 Å². The number of hydrogen-bond donors (Lipinski definition) is 2. The maximum absolute atomic E-state index is 5.59. The summed E-state index contributed by atoms with van der Waals surface area (Å²) in [7, 11) is 3.47. The van der Waals surface area contributed by atoms with Crippen molar-refractivity contribution in [2.75, 3.05) is 33.9 Å². The fraction of sp³-hybridized carbons (Fsp3) is 0.562. The van der Waals surface area contributed by atoms with Gasteiger partial charge in [0.1, 0.15) is 5.75 Å². The van der Waals surface area contributed by atoms with Crippen LogP contribution in [0.1, 0.15) is 18.4 Å². The van der Waals surface area contributed by atoms with E-state index in [4.69, 9.17) is 9.47 Å². The molecule has 1 aromatic carbocycles. The lowest BCUT2D eigenvalue weighted by Crippen LogP contribution is -2.41. The van der Waals surface area contributed by atoms with Crippen LogP contribution in [0.4, 0.5) is 0 Å². The van der Waals surface area contributed by atoms with Crippen molar-refractivity contribution in [3.05, 3.63) is 29.8 Å². The molecule has 22 heavy (non-hydrogen) atoms. The molecule has 1 atom stereocenters. The minimum absolute atomic E-state index is 0. The summed E-state index contributed by atoms with van der Waals surface area (Å²) < 4.78 is 10.7. The Balaban J connectivity index is 0.00000242. The highest BCUT2D eigenvalue weighted by Gasteiger charge is 2.15. The van der Waals surface area contributed by atoms with Gasteiger partial charge in [0.2, 0.25) is 0 Å². The van der Waals surface area contributed by atoms with Crippen molar-refractivity contribution in [2.45, 2.75) is 25.4 Å². The third kappa shape index (κ3) is 6.39. The summed E-state index contributed by atoms with van der Waals surface area (Å²) in [6.45, 7) is 2.55. The Morgan fingerprint density at radius 1 is 1.32 bits per heavy atom. The Morgan fingerprint density at radius 2 is 2.09 bits per heavy atom. The molecule has 0 bridgehead atoms. The largest absolute Gasteiger partial charge is 0.497 e. The van der Waals surface area contributed by atoms with Crippen molar-refractivity contribution in [3.63, 3.8) is 0 Å². The van der Waals surface area contributed by atoms with E-state index in [1.807, 2.05) is 12.1 Å². The number of nitrogens with zero attached hydrogens (tertiary/aromatic N) is 1. The molecule has 1 heterocycles. The van der Waals surface area contributed by atoms with Crippen molar-refractivity contribution >= 4 is 29.9 Å². The number of halogens is 1. The lowest BCUT2D eigenvalue weighted by Gasteiger charge is -2.15. The smallest absolute Gasteiger partial charge is 0.191 e. The monoisotopic (exact) mass is 419 g/mol. The van der Waals surface area contributed by atoms with E-state index in [2.05, 4.69) is 27.8 Å². The van der Waals surface area contributed by atoms with Gasteiger partial charge in [0.05, 0.1) is 13.2 Å². The molecule has 1 aliphatic rings. The van der Waals surface area contributed by atoms with Crippen molar-refractivity contribution in [1.29, 1.82) is 0 Å². The van der Waals surface area contributed by atoms with E-state index in [0.29, 0.717) is 6.10 Å². The fourth-order valence-electron chi connectivity index (χ4n) is 2.35. The number of guanidine groups is 1. The highest BCUT2D eigenvalue weighted by atomic mass is 127. The van der Waals surface area contributed by atoms with Gasteiger partial charge in [0.25, 0.3) is 0 Å². The number of ether oxygens (including phenoxy) is 2. The van der Waals surface area contributed by atoms with E-state index in [0.717, 1.165) is 50.7 Å². The van der Waals surface area contributed by atoms with Gasteiger partial charge in [-0.25, -0.2) is 0 Å². The molecule has 2 rings (SSSR count). The maximum atomic E-state index is 5.59. The minimum Gasteiger partial charge on any atom is -0.497 e. The van der Waals surface area contributed by atoms with Gasteiger partial charge in [0, 0.05) is 26.7 Å². The second kappa shape index (κ2) is 10.7. The van der Waals surface area contributed by atoms with Crippen LogP contribution < -0.4 is 15.4 Å². The predicted octanol–water partition coefficient (Wildman–Crippen LogP) is 2.20. The average molecular weight is 419 g/mol. The third-order valence-corrected chi connectivity index (χ3v) is 3.61. The predicted molar refractivity (Wildman–Crippen MR) is 100 cm³/mol. The van der Waals surface area contributed by atoms with E-state index in [1.165, 1.54) is 5.56 Å². The van der Waals surface area contributed by atoms with Crippen molar-refractivity contribution < 1.29 is 9.47 Å². The van der Waals surface area contributed by atoms with Crippen LogP contribution in [0.3, 0.4) is 0 Å². The Kier molecular flexibility index (Phi) is 9.22. The zero-order valence-electron chi connectivity index (χ0n) is 13.3. The molecule has 1 fully saturated rings. The van der Waals surface area contributed by atoms with Crippen molar-refractivity contribution in [3.8, 4) is 5.75 Å². The van der Waals surface area contributed by atoms with Crippen LogP contribution in [-0.4, -0.2) is 45.9 Å². The highest BCUT2D eigenvalue weighted by molar-refractivity contribution is 14.0. The molecule has 0 radical (unpaired) electrons. The summed E-state index contributed by atoms with van der Waals surface area (Å²) in [6.07, 6.45) is 3.57. The second-order valence-corrected chi connectivity index (χ2v) is 5.11. The van der Waals surface area contributed by atoms with Crippen LogP contribution in [0.25, 0.3) is 0 Å². The Hall–Kier alpha value is -1.02. The zero-order valence-corrected chi connectivity index (χ0v) is 15.6. The molecule has 0 spiro atoms. The quantitative estimate of drug-likeness (QED) is 0.422. The Bertz CT molecular complexity index is 445. The molecule has 1 aromatic rings. The van der Waals surface area contributed by atoms with E-state index < -0.39 is 0 Å². The van der Waals surface area contributed by atoms with E-state index in [-0.39, 0.29) is 24.0 Å². The van der Waals surface area contributed by atoms with Gasteiger partial charge < -0.3 is 20.1 Å². The van der Waals surface area contributed by atoms with Crippen LogP contribution in [0.15, 0.2) is 29.3 Å². The lowest BCUT2D eigenvalue weighted by molar-refractivity contribution is 0.114. The molecule has 0 saturated carbocycles. The average Bonchev–Trinajstić information content (AvgIpc) is 3.04. The molecule has 1 aliphatic heterocycles. The standard InChI is InChI=1S/C16H25N3O2.HI/c1-17-16(19-12-15-4-3-11-21-15)18-10-9-13-5-7-14(20-2)8-6-13;/h5-8,15H,3-4,9-12H2,1-2H3,(H2,17,18,19);1H. The molecule has 124 valence electrons. The van der Waals surface area contributed by atoms with Crippen LogP contribution in [0, 0.1) is 0 Å². The molecule has 0 aliphatic carbocycles. The molecule has 2 N–H and O–H groups in total. The van der Waals surface area contributed by atoms with Crippen molar-refractivity contribution in [1.82, 2.24) is 10.6 Å². The molecule has 0 amide bonds. The number of hydrogen-bond acceptors (Lipinski definition) is 3. The zero-order chi connectivity index (χ0) is 14.9. The summed E-state index contributed by atoms with van der Waals surface area (Å²) in [6, 6.07) is 8.14. The van der Waals surface area contributed by atoms with Crippen LogP contribution in [0.5, 0.6) is 5.75 Å². The van der Waals surface area contributed by atoms with Crippen LogP contribution >= 0.6 is 24.0 Å². The molecular weight excluding hydrogens is 393 g/mol. The van der Waals surface area contributed by atoms with Gasteiger partial charge in [-0.15, -0.1) is 24.0 Å². The van der Waals surface area contributed by atoms with E-state index in [9.17, 15) is 0 Å². The second-order valence-electron chi connectivity index (χ2n) is 5.11.